The highest BCUT2D eigenvalue weighted by Gasteiger charge is 2.12. The van der Waals surface area contributed by atoms with Crippen molar-refractivity contribution in [3.05, 3.63) is 71.2 Å². The maximum absolute atomic E-state index is 13.5. The number of nitrogens with zero attached hydrogens (tertiary/aromatic N) is 3. The molecule has 3 rings (SSSR count). The van der Waals surface area contributed by atoms with Crippen molar-refractivity contribution in [1.82, 2.24) is 9.78 Å². The minimum Gasteiger partial charge on any atom is -0.232 e. The van der Waals surface area contributed by atoms with Crippen molar-refractivity contribution in [1.29, 1.82) is 5.26 Å². The topological polar surface area (TPSA) is 41.6 Å². The number of nitriles is 1. The van der Waals surface area contributed by atoms with Crippen LogP contribution in [-0.2, 0) is 0 Å². The highest BCUT2D eigenvalue weighted by molar-refractivity contribution is 5.64. The van der Waals surface area contributed by atoms with E-state index in [1.165, 1.54) is 6.07 Å². The molecule has 22 heavy (non-hydrogen) atoms. The van der Waals surface area contributed by atoms with Gasteiger partial charge in [-0.2, -0.15) is 10.4 Å². The maximum atomic E-state index is 13.5. The Bertz CT molecular complexity index is 888. The van der Waals surface area contributed by atoms with Gasteiger partial charge in [0.2, 0.25) is 0 Å². The summed E-state index contributed by atoms with van der Waals surface area (Å²) in [5.74, 6) is -0.245. The van der Waals surface area contributed by atoms with E-state index >= 15 is 0 Å². The second-order valence-corrected chi connectivity index (χ2v) is 5.24. The summed E-state index contributed by atoms with van der Waals surface area (Å²) in [7, 11) is 0. The highest BCUT2D eigenvalue weighted by atomic mass is 19.1. The molecule has 1 aromatic heterocycles. The van der Waals surface area contributed by atoms with Crippen LogP contribution in [0.25, 0.3) is 16.9 Å². The Morgan fingerprint density at radius 1 is 1.09 bits per heavy atom. The van der Waals surface area contributed by atoms with E-state index in [0.29, 0.717) is 11.3 Å². The summed E-state index contributed by atoms with van der Waals surface area (Å²) < 4.78 is 15.2. The smallest absolute Gasteiger partial charge is 0.163 e. The number of aromatic nitrogens is 2. The minimum atomic E-state index is -0.245. The van der Waals surface area contributed by atoms with Crippen molar-refractivity contribution in [3.8, 4) is 23.0 Å². The summed E-state index contributed by atoms with van der Waals surface area (Å²) >= 11 is 0. The number of rotatable bonds is 2. The Hall–Kier alpha value is -2.93. The summed E-state index contributed by atoms with van der Waals surface area (Å²) in [6.07, 6.45) is 0. The van der Waals surface area contributed by atoms with Gasteiger partial charge in [0.15, 0.2) is 5.69 Å². The number of halogens is 1. The molecule has 0 unspecified atom stereocenters. The van der Waals surface area contributed by atoms with Crippen molar-refractivity contribution >= 4 is 0 Å². The Balaban J connectivity index is 2.21. The van der Waals surface area contributed by atoms with Gasteiger partial charge in [-0.05, 0) is 55.3 Å². The number of hydrogen-bond acceptors (Lipinski definition) is 2. The zero-order chi connectivity index (χ0) is 15.7. The average Bonchev–Trinajstić information content (AvgIpc) is 2.94. The summed E-state index contributed by atoms with van der Waals surface area (Å²) in [6, 6.07) is 16.5. The fourth-order valence-corrected chi connectivity index (χ4v) is 2.40. The third-order valence-corrected chi connectivity index (χ3v) is 3.52. The van der Waals surface area contributed by atoms with E-state index in [1.807, 2.05) is 31.2 Å². The lowest BCUT2D eigenvalue weighted by atomic mass is 10.1. The molecular formula is C18H14FN3. The lowest BCUT2D eigenvalue weighted by Gasteiger charge is -2.09. The van der Waals surface area contributed by atoms with Crippen molar-refractivity contribution in [2.45, 2.75) is 13.8 Å². The van der Waals surface area contributed by atoms with Crippen molar-refractivity contribution < 1.29 is 4.39 Å². The van der Waals surface area contributed by atoms with Crippen LogP contribution in [0.1, 0.15) is 16.8 Å². The van der Waals surface area contributed by atoms with Crippen LogP contribution in [0.3, 0.4) is 0 Å². The predicted molar refractivity (Wildman–Crippen MR) is 83.1 cm³/mol. The molecule has 0 saturated heterocycles. The molecule has 0 fully saturated rings. The van der Waals surface area contributed by atoms with E-state index in [4.69, 9.17) is 5.26 Å². The van der Waals surface area contributed by atoms with Crippen LogP contribution >= 0.6 is 0 Å². The van der Waals surface area contributed by atoms with Gasteiger partial charge in [-0.3, -0.25) is 0 Å². The van der Waals surface area contributed by atoms with Gasteiger partial charge >= 0.3 is 0 Å². The predicted octanol–water partition coefficient (Wildman–Crippen LogP) is 4.17. The molecule has 0 radical (unpaired) electrons. The fourth-order valence-electron chi connectivity index (χ4n) is 2.40. The summed E-state index contributed by atoms with van der Waals surface area (Å²) in [6.45, 7) is 3.72. The highest BCUT2D eigenvalue weighted by Crippen LogP contribution is 2.26. The fraction of sp³-hybridized carbons (Fsp3) is 0.111. The van der Waals surface area contributed by atoms with Crippen LogP contribution < -0.4 is 0 Å². The van der Waals surface area contributed by atoms with Gasteiger partial charge in [0.25, 0.3) is 0 Å². The normalized spacial score (nSPS) is 10.5. The van der Waals surface area contributed by atoms with E-state index < -0.39 is 0 Å². The molecule has 0 saturated carbocycles. The van der Waals surface area contributed by atoms with Crippen molar-refractivity contribution in [3.63, 3.8) is 0 Å². The standard InChI is InChI=1S/C18H14FN3/c1-12-4-3-5-16(8-12)22-18(10-15(11-20)21-22)14-6-7-17(19)13(2)9-14/h3-10H,1-2H3. The average molecular weight is 291 g/mol. The van der Waals surface area contributed by atoms with Crippen LogP contribution in [-0.4, -0.2) is 9.78 Å². The second kappa shape index (κ2) is 5.45. The first-order valence-electron chi connectivity index (χ1n) is 6.92. The van der Waals surface area contributed by atoms with Crippen LogP contribution in [0.15, 0.2) is 48.5 Å². The molecule has 0 aliphatic rings. The Labute approximate surface area is 128 Å². The quantitative estimate of drug-likeness (QED) is 0.711. The number of aryl methyl sites for hydroxylation is 2. The van der Waals surface area contributed by atoms with Gasteiger partial charge in [0, 0.05) is 11.6 Å². The molecule has 0 atom stereocenters. The van der Waals surface area contributed by atoms with Gasteiger partial charge in [-0.1, -0.05) is 12.1 Å². The SMILES string of the molecule is Cc1cccc(-n2nc(C#N)cc2-c2ccc(F)c(C)c2)c1. The van der Waals surface area contributed by atoms with E-state index in [0.717, 1.165) is 22.5 Å². The minimum absolute atomic E-state index is 0.245. The molecule has 0 aliphatic carbocycles. The molecule has 3 nitrogen and oxygen atoms in total. The molecule has 0 amide bonds. The summed E-state index contributed by atoms with van der Waals surface area (Å²) in [5.41, 5.74) is 4.47. The molecule has 108 valence electrons. The molecule has 2 aromatic carbocycles. The number of hydrogen-bond donors (Lipinski definition) is 0. The van der Waals surface area contributed by atoms with Gasteiger partial charge < -0.3 is 0 Å². The maximum Gasteiger partial charge on any atom is 0.163 e. The van der Waals surface area contributed by atoms with E-state index in [1.54, 1.807) is 29.8 Å². The van der Waals surface area contributed by atoms with Crippen molar-refractivity contribution in [2.24, 2.45) is 0 Å². The molecule has 1 heterocycles. The van der Waals surface area contributed by atoms with Gasteiger partial charge in [-0.25, -0.2) is 9.07 Å². The van der Waals surface area contributed by atoms with Crippen LogP contribution in [0.5, 0.6) is 0 Å². The molecule has 0 aliphatic heterocycles. The van der Waals surface area contributed by atoms with Crippen molar-refractivity contribution in [2.75, 3.05) is 0 Å². The third-order valence-electron chi connectivity index (χ3n) is 3.52. The van der Waals surface area contributed by atoms with E-state index in [-0.39, 0.29) is 5.82 Å². The second-order valence-electron chi connectivity index (χ2n) is 5.24. The molecular weight excluding hydrogens is 277 g/mol. The van der Waals surface area contributed by atoms with E-state index in [9.17, 15) is 4.39 Å². The van der Waals surface area contributed by atoms with Gasteiger partial charge in [-0.15, -0.1) is 0 Å². The molecule has 0 bridgehead atoms. The van der Waals surface area contributed by atoms with E-state index in [2.05, 4.69) is 11.2 Å². The number of benzene rings is 2. The monoisotopic (exact) mass is 291 g/mol. The molecule has 3 aromatic rings. The van der Waals surface area contributed by atoms with Crippen LogP contribution in [0.4, 0.5) is 4.39 Å². The summed E-state index contributed by atoms with van der Waals surface area (Å²) in [4.78, 5) is 0. The molecule has 0 N–H and O–H groups in total. The Kier molecular flexibility index (Phi) is 3.48. The first-order valence-corrected chi connectivity index (χ1v) is 6.92. The first-order chi connectivity index (χ1) is 10.6. The largest absolute Gasteiger partial charge is 0.232 e. The molecule has 0 spiro atoms. The Morgan fingerprint density at radius 3 is 2.59 bits per heavy atom. The lowest BCUT2D eigenvalue weighted by molar-refractivity contribution is 0.618. The zero-order valence-corrected chi connectivity index (χ0v) is 12.3. The van der Waals surface area contributed by atoms with Crippen LogP contribution in [0.2, 0.25) is 0 Å². The Morgan fingerprint density at radius 2 is 1.91 bits per heavy atom. The van der Waals surface area contributed by atoms with Gasteiger partial charge in [0.1, 0.15) is 11.9 Å². The summed E-state index contributed by atoms with van der Waals surface area (Å²) in [5, 5.41) is 13.5. The third kappa shape index (κ3) is 2.49. The lowest BCUT2D eigenvalue weighted by Crippen LogP contribution is -2.00. The zero-order valence-electron chi connectivity index (χ0n) is 12.3. The molecule has 4 heteroatoms. The first kappa shape index (κ1) is 14.0. The van der Waals surface area contributed by atoms with Gasteiger partial charge in [0.05, 0.1) is 11.4 Å². The van der Waals surface area contributed by atoms with Crippen LogP contribution in [0, 0.1) is 31.0 Å².